The smallest absolute Gasteiger partial charge is 0.331 e. The standard InChI is InChI=1S/C19H21NO2/c1-3-19(4-2,18(21)22)20-17(15-11-7-5-8-12-15)16-13-9-6-10-14-16/h5-14H,3-4H2,1-2H3,(H,21,22). The molecule has 0 spiro atoms. The Morgan fingerprint density at radius 3 is 1.64 bits per heavy atom. The van der Waals surface area contributed by atoms with E-state index < -0.39 is 11.5 Å². The zero-order valence-electron chi connectivity index (χ0n) is 13.0. The number of aliphatic imine (C=N–C) groups is 1. The fourth-order valence-electron chi connectivity index (χ4n) is 2.46. The van der Waals surface area contributed by atoms with Gasteiger partial charge in [0.25, 0.3) is 0 Å². The first-order chi connectivity index (χ1) is 10.6. The van der Waals surface area contributed by atoms with Crippen molar-refractivity contribution in [3.63, 3.8) is 0 Å². The largest absolute Gasteiger partial charge is 0.479 e. The molecule has 0 heterocycles. The van der Waals surface area contributed by atoms with Crippen LogP contribution < -0.4 is 0 Å². The van der Waals surface area contributed by atoms with Crippen molar-refractivity contribution >= 4 is 11.7 Å². The van der Waals surface area contributed by atoms with Crippen molar-refractivity contribution in [2.45, 2.75) is 32.2 Å². The Morgan fingerprint density at radius 1 is 0.909 bits per heavy atom. The minimum atomic E-state index is -1.08. The molecule has 0 atom stereocenters. The molecule has 2 rings (SSSR count). The van der Waals surface area contributed by atoms with Crippen LogP contribution in [0, 0.1) is 0 Å². The van der Waals surface area contributed by atoms with Crippen molar-refractivity contribution in [3.05, 3.63) is 71.8 Å². The van der Waals surface area contributed by atoms with Gasteiger partial charge in [-0.3, -0.25) is 4.99 Å². The second-order valence-corrected chi connectivity index (χ2v) is 5.24. The van der Waals surface area contributed by atoms with Crippen LogP contribution in [0.25, 0.3) is 0 Å². The van der Waals surface area contributed by atoms with Crippen molar-refractivity contribution in [2.75, 3.05) is 0 Å². The average molecular weight is 295 g/mol. The molecular formula is C19H21NO2. The summed E-state index contributed by atoms with van der Waals surface area (Å²) in [6.45, 7) is 3.74. The molecule has 114 valence electrons. The van der Waals surface area contributed by atoms with E-state index in [-0.39, 0.29) is 0 Å². The molecular weight excluding hydrogens is 274 g/mol. The number of benzene rings is 2. The van der Waals surface area contributed by atoms with E-state index in [1.54, 1.807) is 0 Å². The summed E-state index contributed by atoms with van der Waals surface area (Å²) < 4.78 is 0. The van der Waals surface area contributed by atoms with Gasteiger partial charge in [0.1, 0.15) is 0 Å². The van der Waals surface area contributed by atoms with Gasteiger partial charge in [-0.25, -0.2) is 4.79 Å². The molecule has 0 fully saturated rings. The number of carboxylic acids is 1. The van der Waals surface area contributed by atoms with Gasteiger partial charge >= 0.3 is 5.97 Å². The lowest BCUT2D eigenvalue weighted by atomic mass is 9.92. The monoisotopic (exact) mass is 295 g/mol. The van der Waals surface area contributed by atoms with Gasteiger partial charge in [0.05, 0.1) is 5.71 Å². The van der Waals surface area contributed by atoms with Crippen LogP contribution in [0.15, 0.2) is 65.7 Å². The summed E-state index contributed by atoms with van der Waals surface area (Å²) in [5.74, 6) is -0.873. The van der Waals surface area contributed by atoms with Gasteiger partial charge in [0.2, 0.25) is 0 Å². The van der Waals surface area contributed by atoms with E-state index in [4.69, 9.17) is 4.99 Å². The molecule has 0 unspecified atom stereocenters. The highest BCUT2D eigenvalue weighted by Crippen LogP contribution is 2.24. The minimum Gasteiger partial charge on any atom is -0.479 e. The maximum atomic E-state index is 11.8. The molecule has 2 aromatic rings. The van der Waals surface area contributed by atoms with Crippen molar-refractivity contribution in [1.82, 2.24) is 0 Å². The van der Waals surface area contributed by atoms with E-state index in [1.165, 1.54) is 0 Å². The van der Waals surface area contributed by atoms with Crippen LogP contribution in [0.1, 0.15) is 37.8 Å². The summed E-state index contributed by atoms with van der Waals surface area (Å²) in [6, 6.07) is 19.5. The predicted octanol–water partition coefficient (Wildman–Crippen LogP) is 4.17. The van der Waals surface area contributed by atoms with E-state index >= 15 is 0 Å². The normalized spacial score (nSPS) is 11.0. The molecule has 0 radical (unpaired) electrons. The van der Waals surface area contributed by atoms with Crippen molar-refractivity contribution in [3.8, 4) is 0 Å². The van der Waals surface area contributed by atoms with Gasteiger partial charge in [0.15, 0.2) is 5.54 Å². The molecule has 0 saturated heterocycles. The average Bonchev–Trinajstić information content (AvgIpc) is 2.58. The van der Waals surface area contributed by atoms with E-state index in [2.05, 4.69) is 0 Å². The molecule has 2 aromatic carbocycles. The Balaban J connectivity index is 2.63. The molecule has 0 aliphatic heterocycles. The van der Waals surface area contributed by atoms with Crippen LogP contribution in [0.4, 0.5) is 0 Å². The molecule has 0 aliphatic rings. The number of carbonyl (C=O) groups is 1. The fraction of sp³-hybridized carbons (Fsp3) is 0.263. The second-order valence-electron chi connectivity index (χ2n) is 5.24. The van der Waals surface area contributed by atoms with E-state index in [9.17, 15) is 9.90 Å². The number of nitrogens with zero attached hydrogens (tertiary/aromatic N) is 1. The summed E-state index contributed by atoms with van der Waals surface area (Å²) in [5.41, 5.74) is 1.51. The predicted molar refractivity (Wildman–Crippen MR) is 89.5 cm³/mol. The zero-order valence-corrected chi connectivity index (χ0v) is 13.0. The highest BCUT2D eigenvalue weighted by molar-refractivity contribution is 6.13. The SMILES string of the molecule is CCC(CC)(N=C(c1ccccc1)c1ccccc1)C(=O)O. The van der Waals surface area contributed by atoms with Crippen LogP contribution in [-0.4, -0.2) is 22.3 Å². The van der Waals surface area contributed by atoms with Gasteiger partial charge in [-0.15, -0.1) is 0 Å². The molecule has 3 heteroatoms. The van der Waals surface area contributed by atoms with Gasteiger partial charge in [-0.2, -0.15) is 0 Å². The first-order valence-electron chi connectivity index (χ1n) is 7.57. The van der Waals surface area contributed by atoms with Gasteiger partial charge in [-0.05, 0) is 12.8 Å². The Kier molecular flexibility index (Phi) is 5.10. The lowest BCUT2D eigenvalue weighted by molar-refractivity contribution is -0.143. The third-order valence-corrected chi connectivity index (χ3v) is 3.99. The van der Waals surface area contributed by atoms with Crippen molar-refractivity contribution in [1.29, 1.82) is 0 Å². The number of carboxylic acid groups (broad SMARTS) is 1. The van der Waals surface area contributed by atoms with Crippen LogP contribution >= 0.6 is 0 Å². The first-order valence-corrected chi connectivity index (χ1v) is 7.57. The maximum absolute atomic E-state index is 11.8. The van der Waals surface area contributed by atoms with Crippen LogP contribution in [0.5, 0.6) is 0 Å². The highest BCUT2D eigenvalue weighted by Gasteiger charge is 2.35. The second kappa shape index (κ2) is 7.03. The Hall–Kier alpha value is -2.42. The summed E-state index contributed by atoms with van der Waals surface area (Å²) in [6.07, 6.45) is 0.921. The lowest BCUT2D eigenvalue weighted by Crippen LogP contribution is -2.36. The quantitative estimate of drug-likeness (QED) is 0.813. The number of rotatable bonds is 6. The minimum absolute atomic E-state index is 0.460. The van der Waals surface area contributed by atoms with E-state index in [0.29, 0.717) is 12.8 Å². The molecule has 0 aliphatic carbocycles. The Bertz CT molecular complexity index is 602. The molecule has 1 N–H and O–H groups in total. The summed E-state index contributed by atoms with van der Waals surface area (Å²) >= 11 is 0. The summed E-state index contributed by atoms with van der Waals surface area (Å²) in [4.78, 5) is 16.5. The van der Waals surface area contributed by atoms with Crippen LogP contribution in [0.2, 0.25) is 0 Å². The Morgan fingerprint density at radius 2 is 1.32 bits per heavy atom. The van der Waals surface area contributed by atoms with Crippen LogP contribution in [-0.2, 0) is 4.79 Å². The molecule has 3 nitrogen and oxygen atoms in total. The summed E-state index contributed by atoms with van der Waals surface area (Å²) in [5, 5.41) is 9.66. The maximum Gasteiger partial charge on any atom is 0.331 e. The number of aliphatic carboxylic acids is 1. The molecule has 0 amide bonds. The highest BCUT2D eigenvalue weighted by atomic mass is 16.4. The topological polar surface area (TPSA) is 49.7 Å². The Labute approximate surface area is 131 Å². The fourth-order valence-corrected chi connectivity index (χ4v) is 2.46. The third-order valence-electron chi connectivity index (χ3n) is 3.99. The van der Waals surface area contributed by atoms with Crippen molar-refractivity contribution in [2.24, 2.45) is 4.99 Å². The molecule has 0 bridgehead atoms. The van der Waals surface area contributed by atoms with E-state index in [0.717, 1.165) is 16.8 Å². The van der Waals surface area contributed by atoms with Gasteiger partial charge in [-0.1, -0.05) is 74.5 Å². The van der Waals surface area contributed by atoms with Crippen LogP contribution in [0.3, 0.4) is 0 Å². The third kappa shape index (κ3) is 3.25. The number of hydrogen-bond acceptors (Lipinski definition) is 2. The van der Waals surface area contributed by atoms with E-state index in [1.807, 2.05) is 74.5 Å². The lowest BCUT2D eigenvalue weighted by Gasteiger charge is -2.24. The molecule has 0 saturated carbocycles. The number of hydrogen-bond donors (Lipinski definition) is 1. The summed E-state index contributed by atoms with van der Waals surface area (Å²) in [7, 11) is 0. The molecule has 22 heavy (non-hydrogen) atoms. The molecule has 0 aromatic heterocycles. The first kappa shape index (κ1) is 16.0. The van der Waals surface area contributed by atoms with Crippen molar-refractivity contribution < 1.29 is 9.90 Å². The zero-order chi connectivity index (χ0) is 16.0. The van der Waals surface area contributed by atoms with Gasteiger partial charge < -0.3 is 5.11 Å². The van der Waals surface area contributed by atoms with Gasteiger partial charge in [0, 0.05) is 11.1 Å².